The highest BCUT2D eigenvalue weighted by Gasteiger charge is 2.26. The summed E-state index contributed by atoms with van der Waals surface area (Å²) in [4.78, 5) is 12.5. The maximum Gasteiger partial charge on any atom is 0.368 e. The zero-order chi connectivity index (χ0) is 15.2. The summed E-state index contributed by atoms with van der Waals surface area (Å²) in [7, 11) is 0. The first-order valence-electron chi connectivity index (χ1n) is 7.12. The lowest BCUT2D eigenvalue weighted by atomic mass is 9.86. The van der Waals surface area contributed by atoms with Crippen LogP contribution < -0.4 is 5.69 Å². The van der Waals surface area contributed by atoms with Crippen molar-refractivity contribution in [2.24, 2.45) is 0 Å². The molecule has 0 aliphatic carbocycles. The van der Waals surface area contributed by atoms with Crippen molar-refractivity contribution in [2.45, 2.75) is 39.2 Å². The molecule has 6 heteroatoms. The smallest absolute Gasteiger partial charge is 0.368 e. The minimum atomic E-state index is -0.211. The first-order chi connectivity index (χ1) is 9.88. The predicted molar refractivity (Wildman–Crippen MR) is 78.9 cm³/mol. The molecule has 0 amide bonds. The first-order valence-corrected chi connectivity index (χ1v) is 7.12. The standard InChI is InChI=1S/C15H20N4O2/c1-10-5-6-11(15(2,3)4)7-13(10)19-14(20)18(16-17-19)12-8-21-9-12/h5-7,12H,8-9H2,1-4H3. The lowest BCUT2D eigenvalue weighted by Crippen LogP contribution is -2.38. The van der Waals surface area contributed by atoms with Crippen molar-refractivity contribution < 1.29 is 4.74 Å². The Labute approximate surface area is 123 Å². The molecule has 0 radical (unpaired) electrons. The summed E-state index contributed by atoms with van der Waals surface area (Å²) < 4.78 is 7.90. The molecule has 112 valence electrons. The Kier molecular flexibility index (Phi) is 3.20. The van der Waals surface area contributed by atoms with Crippen LogP contribution in [0.2, 0.25) is 0 Å². The fraction of sp³-hybridized carbons (Fsp3) is 0.533. The number of aromatic nitrogens is 4. The number of ether oxygens (including phenoxy) is 1. The summed E-state index contributed by atoms with van der Waals surface area (Å²) in [5.74, 6) is 0. The van der Waals surface area contributed by atoms with Gasteiger partial charge in [0.15, 0.2) is 0 Å². The third-order valence-electron chi connectivity index (χ3n) is 3.87. The quantitative estimate of drug-likeness (QED) is 0.842. The van der Waals surface area contributed by atoms with Crippen molar-refractivity contribution >= 4 is 0 Å². The summed E-state index contributed by atoms with van der Waals surface area (Å²) >= 11 is 0. The molecule has 0 atom stereocenters. The Balaban J connectivity index is 2.08. The molecule has 1 aliphatic heterocycles. The normalized spacial score (nSPS) is 16.0. The van der Waals surface area contributed by atoms with E-state index >= 15 is 0 Å². The zero-order valence-electron chi connectivity index (χ0n) is 12.8. The van der Waals surface area contributed by atoms with Crippen LogP contribution in [0.25, 0.3) is 5.69 Å². The maximum atomic E-state index is 12.5. The fourth-order valence-corrected chi connectivity index (χ4v) is 2.31. The second-order valence-corrected chi connectivity index (χ2v) is 6.56. The van der Waals surface area contributed by atoms with Crippen LogP contribution in [0, 0.1) is 6.92 Å². The Bertz CT molecular complexity index is 720. The van der Waals surface area contributed by atoms with Crippen molar-refractivity contribution in [3.8, 4) is 5.69 Å². The second-order valence-electron chi connectivity index (χ2n) is 6.56. The Morgan fingerprint density at radius 1 is 1.24 bits per heavy atom. The number of nitrogens with zero attached hydrogens (tertiary/aromatic N) is 4. The summed E-state index contributed by atoms with van der Waals surface area (Å²) in [6.07, 6.45) is 0. The molecule has 1 aromatic heterocycles. The molecule has 21 heavy (non-hydrogen) atoms. The lowest BCUT2D eigenvalue weighted by Gasteiger charge is -2.24. The highest BCUT2D eigenvalue weighted by molar-refractivity contribution is 5.44. The minimum Gasteiger partial charge on any atom is -0.377 e. The number of hydrogen-bond acceptors (Lipinski definition) is 4. The van der Waals surface area contributed by atoms with Crippen LogP contribution in [-0.2, 0) is 10.2 Å². The molecular weight excluding hydrogens is 268 g/mol. The van der Waals surface area contributed by atoms with Crippen LogP contribution in [0.5, 0.6) is 0 Å². The van der Waals surface area contributed by atoms with Crippen molar-refractivity contribution in [1.29, 1.82) is 0 Å². The van der Waals surface area contributed by atoms with E-state index in [9.17, 15) is 4.79 Å². The van der Waals surface area contributed by atoms with E-state index < -0.39 is 0 Å². The SMILES string of the molecule is Cc1ccc(C(C)(C)C)cc1-n1nnn(C2COC2)c1=O. The molecule has 0 spiro atoms. The monoisotopic (exact) mass is 288 g/mol. The van der Waals surface area contributed by atoms with E-state index in [1.807, 2.05) is 19.1 Å². The first kappa shape index (κ1) is 14.0. The summed E-state index contributed by atoms with van der Waals surface area (Å²) in [6, 6.07) is 6.15. The Hall–Kier alpha value is -1.95. The van der Waals surface area contributed by atoms with Crippen LogP contribution in [0.15, 0.2) is 23.0 Å². The van der Waals surface area contributed by atoms with Gasteiger partial charge in [-0.25, -0.2) is 4.79 Å². The summed E-state index contributed by atoms with van der Waals surface area (Å²) in [5, 5.41) is 8.02. The highest BCUT2D eigenvalue weighted by Crippen LogP contribution is 2.25. The van der Waals surface area contributed by atoms with Gasteiger partial charge in [0.05, 0.1) is 18.9 Å². The van der Waals surface area contributed by atoms with Crippen LogP contribution in [0.1, 0.15) is 37.9 Å². The van der Waals surface area contributed by atoms with Gasteiger partial charge in [-0.2, -0.15) is 9.36 Å². The van der Waals surface area contributed by atoms with Crippen LogP contribution in [-0.4, -0.2) is 33.0 Å². The van der Waals surface area contributed by atoms with E-state index in [4.69, 9.17) is 4.74 Å². The van der Waals surface area contributed by atoms with Gasteiger partial charge >= 0.3 is 5.69 Å². The molecule has 1 aliphatic rings. The van der Waals surface area contributed by atoms with Gasteiger partial charge in [0.2, 0.25) is 0 Å². The average Bonchev–Trinajstić information content (AvgIpc) is 2.69. The number of benzene rings is 1. The lowest BCUT2D eigenvalue weighted by molar-refractivity contribution is -0.0309. The largest absolute Gasteiger partial charge is 0.377 e. The summed E-state index contributed by atoms with van der Waals surface area (Å²) in [6.45, 7) is 9.46. The molecule has 0 N–H and O–H groups in total. The van der Waals surface area contributed by atoms with Crippen molar-refractivity contribution in [3.63, 3.8) is 0 Å². The third-order valence-corrected chi connectivity index (χ3v) is 3.87. The van der Waals surface area contributed by atoms with E-state index in [2.05, 4.69) is 37.3 Å². The number of aryl methyl sites for hydroxylation is 1. The van der Waals surface area contributed by atoms with E-state index in [1.165, 1.54) is 9.36 Å². The second kappa shape index (κ2) is 4.80. The van der Waals surface area contributed by atoms with Crippen LogP contribution in [0.4, 0.5) is 0 Å². The third kappa shape index (κ3) is 2.40. The number of tetrazole rings is 1. The summed E-state index contributed by atoms with van der Waals surface area (Å²) in [5.41, 5.74) is 2.76. The number of rotatable bonds is 2. The molecule has 3 rings (SSSR count). The molecule has 2 heterocycles. The topological polar surface area (TPSA) is 61.9 Å². The molecule has 6 nitrogen and oxygen atoms in total. The molecule has 0 saturated carbocycles. The molecule has 1 aromatic carbocycles. The average molecular weight is 288 g/mol. The van der Waals surface area contributed by atoms with Gasteiger partial charge in [-0.3, -0.25) is 0 Å². The van der Waals surface area contributed by atoms with E-state index in [-0.39, 0.29) is 17.1 Å². The predicted octanol–water partition coefficient (Wildman–Crippen LogP) is 1.61. The van der Waals surface area contributed by atoms with Gasteiger partial charge in [-0.05, 0) is 40.0 Å². The Morgan fingerprint density at radius 3 is 2.52 bits per heavy atom. The van der Waals surface area contributed by atoms with Crippen molar-refractivity contribution in [3.05, 3.63) is 39.8 Å². The van der Waals surface area contributed by atoms with Gasteiger partial charge < -0.3 is 4.74 Å². The van der Waals surface area contributed by atoms with Gasteiger partial charge in [-0.15, -0.1) is 0 Å². The van der Waals surface area contributed by atoms with Crippen molar-refractivity contribution in [2.75, 3.05) is 13.2 Å². The van der Waals surface area contributed by atoms with Crippen molar-refractivity contribution in [1.82, 2.24) is 19.8 Å². The van der Waals surface area contributed by atoms with Crippen LogP contribution in [0.3, 0.4) is 0 Å². The molecule has 1 fully saturated rings. The molecule has 0 unspecified atom stereocenters. The molecule has 1 saturated heterocycles. The zero-order valence-corrected chi connectivity index (χ0v) is 12.8. The maximum absolute atomic E-state index is 12.5. The van der Waals surface area contributed by atoms with Gasteiger partial charge in [-0.1, -0.05) is 32.9 Å². The van der Waals surface area contributed by atoms with E-state index in [0.29, 0.717) is 13.2 Å². The van der Waals surface area contributed by atoms with E-state index in [0.717, 1.165) is 16.8 Å². The van der Waals surface area contributed by atoms with Gasteiger partial charge in [0, 0.05) is 0 Å². The number of hydrogen-bond donors (Lipinski definition) is 0. The highest BCUT2D eigenvalue weighted by atomic mass is 16.5. The van der Waals surface area contributed by atoms with Gasteiger partial charge in [0.1, 0.15) is 6.04 Å². The fourth-order valence-electron chi connectivity index (χ4n) is 2.31. The Morgan fingerprint density at radius 2 is 1.95 bits per heavy atom. The molecule has 2 aromatic rings. The van der Waals surface area contributed by atoms with Gasteiger partial charge in [0.25, 0.3) is 0 Å². The van der Waals surface area contributed by atoms with E-state index in [1.54, 1.807) is 0 Å². The van der Waals surface area contributed by atoms with Crippen LogP contribution >= 0.6 is 0 Å². The minimum absolute atomic E-state index is 0.0114. The molecule has 0 bridgehead atoms. The molecular formula is C15H20N4O2.